The van der Waals surface area contributed by atoms with Gasteiger partial charge in [0.25, 0.3) is 5.89 Å². The molecule has 0 amide bonds. The Morgan fingerprint density at radius 2 is 1.65 bits per heavy atom. The molecule has 1 heterocycles. The molecule has 0 saturated carbocycles. The van der Waals surface area contributed by atoms with Crippen LogP contribution >= 0.6 is 0 Å². The Labute approximate surface area is 148 Å². The maximum absolute atomic E-state index is 13.0. The largest absolute Gasteiger partial charge is 0.417 e. The fourth-order valence-electron chi connectivity index (χ4n) is 3.65. The number of hydrogen-bond acceptors (Lipinski definition) is 5. The van der Waals surface area contributed by atoms with E-state index in [9.17, 15) is 9.90 Å². The van der Waals surface area contributed by atoms with Crippen molar-refractivity contribution in [3.63, 3.8) is 0 Å². The fraction of sp³-hybridized carbons (Fsp3) is 0.0952. The number of benzene rings is 3. The van der Waals surface area contributed by atoms with Crippen LogP contribution in [-0.4, -0.2) is 21.1 Å². The molecule has 0 radical (unpaired) electrons. The van der Waals surface area contributed by atoms with Gasteiger partial charge in [0.05, 0.1) is 0 Å². The number of aromatic nitrogens is 2. The Balaban J connectivity index is 1.72. The van der Waals surface area contributed by atoms with Gasteiger partial charge in [-0.3, -0.25) is 4.79 Å². The number of rotatable bonds is 2. The lowest BCUT2D eigenvalue weighted by Crippen LogP contribution is -2.33. The van der Waals surface area contributed by atoms with Crippen LogP contribution in [0.2, 0.25) is 0 Å². The van der Waals surface area contributed by atoms with Crippen LogP contribution in [0.4, 0.5) is 0 Å². The summed E-state index contributed by atoms with van der Waals surface area (Å²) >= 11 is 0. The average Bonchev–Trinajstić information content (AvgIpc) is 3.23. The molecule has 4 aromatic rings. The van der Waals surface area contributed by atoms with Gasteiger partial charge in [0.2, 0.25) is 17.3 Å². The number of hydrogen-bond donors (Lipinski definition) is 1. The summed E-state index contributed by atoms with van der Waals surface area (Å²) in [5, 5.41) is 21.1. The van der Waals surface area contributed by atoms with Crippen LogP contribution in [0.3, 0.4) is 0 Å². The molecule has 0 saturated heterocycles. The highest BCUT2D eigenvalue weighted by Crippen LogP contribution is 2.44. The molecule has 3 aromatic carbocycles. The summed E-state index contributed by atoms with van der Waals surface area (Å²) in [4.78, 5) is 13.0. The molecular weight excluding hydrogens is 328 g/mol. The molecule has 1 aromatic heterocycles. The van der Waals surface area contributed by atoms with E-state index in [4.69, 9.17) is 4.42 Å². The molecule has 0 spiro atoms. The normalized spacial score (nSPS) is 18.6. The van der Waals surface area contributed by atoms with Crippen LogP contribution in [0.1, 0.15) is 27.4 Å². The maximum Gasteiger partial charge on any atom is 0.261 e. The molecule has 126 valence electrons. The molecule has 1 aliphatic carbocycles. The van der Waals surface area contributed by atoms with Crippen molar-refractivity contribution in [1.29, 1.82) is 0 Å². The molecule has 0 fully saturated rings. The molecule has 0 bridgehead atoms. The molecule has 1 aliphatic rings. The number of aryl methyl sites for hydroxylation is 1. The SMILES string of the molecule is Cc1ccccc1-c1nnc(C2(O)C(=O)c3cccc4cccc2c34)o1. The lowest BCUT2D eigenvalue weighted by molar-refractivity contribution is 0.0405. The number of carbonyl (C=O) groups excluding carboxylic acids is 1. The smallest absolute Gasteiger partial charge is 0.261 e. The second-order valence-electron chi connectivity index (χ2n) is 6.48. The monoisotopic (exact) mass is 342 g/mol. The predicted octanol–water partition coefficient (Wildman–Crippen LogP) is 3.63. The first kappa shape index (κ1) is 15.0. The maximum atomic E-state index is 13.0. The van der Waals surface area contributed by atoms with Gasteiger partial charge >= 0.3 is 0 Å². The van der Waals surface area contributed by atoms with Gasteiger partial charge in [-0.15, -0.1) is 10.2 Å². The van der Waals surface area contributed by atoms with Crippen molar-refractivity contribution in [3.05, 3.63) is 83.2 Å². The average molecular weight is 342 g/mol. The lowest BCUT2D eigenvalue weighted by atomic mass is 9.94. The van der Waals surface area contributed by atoms with Gasteiger partial charge in [-0.1, -0.05) is 54.6 Å². The number of Topliss-reactive ketones (excluding diaryl/α,β-unsaturated/α-hetero) is 1. The van der Waals surface area contributed by atoms with Crippen LogP contribution in [-0.2, 0) is 5.60 Å². The van der Waals surface area contributed by atoms with Crippen LogP contribution in [0, 0.1) is 6.92 Å². The summed E-state index contributed by atoms with van der Waals surface area (Å²) in [5.74, 6) is -0.267. The minimum atomic E-state index is -1.96. The molecular formula is C21H14N2O3. The van der Waals surface area contributed by atoms with Crippen molar-refractivity contribution in [1.82, 2.24) is 10.2 Å². The second-order valence-corrected chi connectivity index (χ2v) is 6.48. The quantitative estimate of drug-likeness (QED) is 0.602. The molecule has 26 heavy (non-hydrogen) atoms. The van der Waals surface area contributed by atoms with Gasteiger partial charge in [0, 0.05) is 16.7 Å². The zero-order chi connectivity index (χ0) is 17.9. The van der Waals surface area contributed by atoms with Gasteiger partial charge in [-0.05, 0) is 29.3 Å². The molecule has 5 nitrogen and oxygen atoms in total. The first-order valence-corrected chi connectivity index (χ1v) is 8.30. The number of carbonyl (C=O) groups is 1. The predicted molar refractivity (Wildman–Crippen MR) is 95.7 cm³/mol. The molecule has 1 atom stereocenters. The van der Waals surface area contributed by atoms with E-state index in [2.05, 4.69) is 10.2 Å². The van der Waals surface area contributed by atoms with E-state index in [1.54, 1.807) is 18.2 Å². The summed E-state index contributed by atoms with van der Waals surface area (Å²) in [5.41, 5.74) is 0.734. The highest BCUT2D eigenvalue weighted by atomic mass is 16.4. The number of nitrogens with zero attached hydrogens (tertiary/aromatic N) is 2. The van der Waals surface area contributed by atoms with Gasteiger partial charge in [0.1, 0.15) is 0 Å². The van der Waals surface area contributed by atoms with Crippen LogP contribution in [0.15, 0.2) is 65.1 Å². The van der Waals surface area contributed by atoms with E-state index >= 15 is 0 Å². The minimum Gasteiger partial charge on any atom is -0.417 e. The Kier molecular flexibility index (Phi) is 2.94. The first-order chi connectivity index (χ1) is 12.6. The minimum absolute atomic E-state index is 0.107. The topological polar surface area (TPSA) is 76.2 Å². The highest BCUT2D eigenvalue weighted by molar-refractivity contribution is 6.20. The zero-order valence-corrected chi connectivity index (χ0v) is 13.9. The van der Waals surface area contributed by atoms with Gasteiger partial charge in [0.15, 0.2) is 0 Å². The van der Waals surface area contributed by atoms with Crippen molar-refractivity contribution in [2.24, 2.45) is 0 Å². The summed E-state index contributed by atoms with van der Waals surface area (Å²) in [6, 6.07) is 18.5. The standard InChI is InChI=1S/C21H14N2O3/c1-12-6-2-3-9-14(12)19-22-23-20(26-19)21(25)16-11-5-8-13-7-4-10-15(17(13)16)18(21)24/h2-11,25H,1H3. The zero-order valence-electron chi connectivity index (χ0n) is 13.9. The van der Waals surface area contributed by atoms with Gasteiger partial charge in [-0.2, -0.15) is 0 Å². The third-order valence-corrected chi connectivity index (χ3v) is 4.98. The number of ketones is 1. The van der Waals surface area contributed by atoms with E-state index in [0.29, 0.717) is 11.1 Å². The first-order valence-electron chi connectivity index (χ1n) is 8.30. The van der Waals surface area contributed by atoms with E-state index in [1.807, 2.05) is 49.4 Å². The molecule has 1 unspecified atom stereocenters. The molecule has 1 N–H and O–H groups in total. The molecule has 0 aliphatic heterocycles. The van der Waals surface area contributed by atoms with Gasteiger partial charge in [-0.25, -0.2) is 0 Å². The second kappa shape index (κ2) is 5.09. The van der Waals surface area contributed by atoms with Crippen molar-refractivity contribution in [2.45, 2.75) is 12.5 Å². The van der Waals surface area contributed by atoms with Crippen LogP contribution in [0.5, 0.6) is 0 Å². The Bertz CT molecular complexity index is 1190. The fourth-order valence-corrected chi connectivity index (χ4v) is 3.65. The van der Waals surface area contributed by atoms with E-state index in [-0.39, 0.29) is 11.8 Å². The third-order valence-electron chi connectivity index (χ3n) is 4.98. The summed E-state index contributed by atoms with van der Waals surface area (Å²) in [6.45, 7) is 1.94. The Morgan fingerprint density at radius 1 is 0.923 bits per heavy atom. The molecule has 5 heteroatoms. The Morgan fingerprint density at radius 3 is 2.46 bits per heavy atom. The third kappa shape index (κ3) is 1.80. The van der Waals surface area contributed by atoms with Crippen LogP contribution < -0.4 is 0 Å². The van der Waals surface area contributed by atoms with Crippen molar-refractivity contribution >= 4 is 16.6 Å². The van der Waals surface area contributed by atoms with Crippen molar-refractivity contribution in [3.8, 4) is 11.5 Å². The summed E-state index contributed by atoms with van der Waals surface area (Å²) in [7, 11) is 0. The molecule has 5 rings (SSSR count). The number of aliphatic hydroxyl groups is 1. The van der Waals surface area contributed by atoms with E-state index in [1.165, 1.54) is 0 Å². The van der Waals surface area contributed by atoms with E-state index in [0.717, 1.165) is 21.9 Å². The summed E-state index contributed by atoms with van der Waals surface area (Å²) < 4.78 is 5.78. The highest BCUT2D eigenvalue weighted by Gasteiger charge is 2.51. The van der Waals surface area contributed by atoms with Gasteiger partial charge < -0.3 is 9.52 Å². The van der Waals surface area contributed by atoms with Crippen LogP contribution in [0.25, 0.3) is 22.2 Å². The lowest BCUT2D eigenvalue weighted by Gasteiger charge is -2.17. The summed E-state index contributed by atoms with van der Waals surface area (Å²) in [6.07, 6.45) is 0. The van der Waals surface area contributed by atoms with Crippen molar-refractivity contribution < 1.29 is 14.3 Å². The van der Waals surface area contributed by atoms with Crippen molar-refractivity contribution in [2.75, 3.05) is 0 Å². The Hall–Kier alpha value is -3.31. The van der Waals surface area contributed by atoms with E-state index < -0.39 is 11.4 Å².